The molecule has 0 saturated carbocycles. The molecule has 0 aliphatic heterocycles. The van der Waals surface area contributed by atoms with Crippen molar-refractivity contribution in [2.45, 2.75) is 233 Å². The van der Waals surface area contributed by atoms with Gasteiger partial charge in [-0.15, -0.1) is 0 Å². The van der Waals surface area contributed by atoms with E-state index in [9.17, 15) is 0 Å². The standard InChI is InChI=1S/C39H81N.8Mo.32O/c1-4-7-10-13-16-19-22-25-28-31-34-37-40(38-35-32-29-26-23-20-17-14-11-8-5-2)39-36-33-30-27-24-21-18-15-12-9-6-3;;;;;;;;;;;;;;;;;;;;;;;;;;;;;;;;;;;;;;;;/h4-39H2,1-3H3;;;;;;;;;;;;;;;;;;;;;;;;;;;;;;;;;;;;;;;;/q;;;;;;;;;;;;;;;;;;;;;;;;;16*-1/p+1. The van der Waals surface area contributed by atoms with Crippen LogP contribution < -0.4 is 65.1 Å². The van der Waals surface area contributed by atoms with E-state index in [0.717, 1.165) is 0 Å². The van der Waals surface area contributed by atoms with Gasteiger partial charge in [0, 0.05) is 0 Å². The summed E-state index contributed by atoms with van der Waals surface area (Å²) in [5, 5.41) is 0. The number of nitrogens with one attached hydrogen (secondary N) is 1. The summed E-state index contributed by atoms with van der Waals surface area (Å²) >= 11 is -48.2. The van der Waals surface area contributed by atoms with Crippen LogP contribution in [0.2, 0.25) is 0 Å². The van der Waals surface area contributed by atoms with Gasteiger partial charge in [-0.2, -0.15) is 0 Å². The fourth-order valence-electron chi connectivity index (χ4n) is 6.49. The summed E-state index contributed by atoms with van der Waals surface area (Å²) in [5.41, 5.74) is 0. The van der Waals surface area contributed by atoms with E-state index < -0.39 is 134 Å². The Hall–Kier alpha value is 1.63. The minimum absolute atomic E-state index is 1.37. The Balaban J connectivity index is -0.000000142. The van der Waals surface area contributed by atoms with Gasteiger partial charge in [0.2, 0.25) is 0 Å². The molecule has 80 heavy (non-hydrogen) atoms. The van der Waals surface area contributed by atoms with Crippen LogP contribution in [-0.4, -0.2) is 19.6 Å². The molecule has 0 aromatic carbocycles. The van der Waals surface area contributed by atoms with Crippen molar-refractivity contribution in [1.29, 1.82) is 0 Å². The van der Waals surface area contributed by atoms with Gasteiger partial charge in [0.25, 0.3) is 0 Å². The summed E-state index contributed by atoms with van der Waals surface area (Å²) in [6, 6.07) is 0. The van der Waals surface area contributed by atoms with Crippen molar-refractivity contribution in [3.05, 3.63) is 0 Å². The van der Waals surface area contributed by atoms with E-state index in [1.54, 1.807) is 0 Å². The van der Waals surface area contributed by atoms with Crippen molar-refractivity contribution in [2.75, 3.05) is 19.6 Å². The zero-order valence-electron chi connectivity index (χ0n) is 45.3. The number of rotatable bonds is 36. The SMILES string of the molecule is CCCCCCCCCCCCC[NH+](CCCCCCCCCCCCC)CCCCCCCCCCCCC.[O]=[Mo](=[O])([O-])[O-].[O]=[Mo](=[O])([O-])[O-].[O]=[Mo](=[O])([O-])[O-].[O]=[Mo](=[O])([O-])[O-].[O]=[Mo](=[O])([O-])[O-].[O]=[Mo](=[O])([O-])[O-].[O]=[Mo](=[O])([O-])[O-].[O]=[Mo](=[O])([O-])[O-]. The number of unbranched alkanes of at least 4 members (excludes halogenated alkanes) is 30. The first-order chi connectivity index (χ1) is 35.8. The third-order valence-corrected chi connectivity index (χ3v) is 9.40. The molecule has 0 aliphatic carbocycles. The van der Waals surface area contributed by atoms with Crippen LogP contribution in [-0.2, 0) is 188 Å². The molecule has 0 unspecified atom stereocenters. The van der Waals surface area contributed by atoms with Crippen molar-refractivity contribution in [3.8, 4) is 0 Å². The van der Waals surface area contributed by atoms with Crippen LogP contribution in [0.15, 0.2) is 0 Å². The van der Waals surface area contributed by atoms with E-state index >= 15 is 0 Å². The van der Waals surface area contributed by atoms with Crippen LogP contribution in [0, 0.1) is 0 Å². The predicted molar refractivity (Wildman–Crippen MR) is 196 cm³/mol. The van der Waals surface area contributed by atoms with Crippen molar-refractivity contribution >= 4 is 0 Å². The van der Waals surface area contributed by atoms with Gasteiger partial charge in [-0.3, -0.25) is 0 Å². The van der Waals surface area contributed by atoms with Gasteiger partial charge in [-0.1, -0.05) is 194 Å². The molecule has 1 N–H and O–H groups in total. The zero-order chi connectivity index (χ0) is 65.0. The Kier molecular flexibility index (Phi) is 81.8. The van der Waals surface area contributed by atoms with Gasteiger partial charge >= 0.3 is 248 Å². The molecule has 0 fully saturated rings. The van der Waals surface area contributed by atoms with Crippen LogP contribution in [0.5, 0.6) is 0 Å². The maximum atomic E-state index is 8.63. The summed E-state index contributed by atoms with van der Waals surface area (Å²) in [4.78, 5) is 1.95. The van der Waals surface area contributed by atoms with Crippen LogP contribution >= 0.6 is 0 Å². The molecule has 41 heteroatoms. The van der Waals surface area contributed by atoms with Crippen LogP contribution in [0.25, 0.3) is 0 Å². The van der Waals surface area contributed by atoms with Gasteiger partial charge < -0.3 is 4.90 Å². The van der Waals surface area contributed by atoms with Gasteiger partial charge in [-0.05, 0) is 38.5 Å². The van der Waals surface area contributed by atoms with E-state index in [4.69, 9.17) is 115 Å². The van der Waals surface area contributed by atoms with Gasteiger partial charge in [0.15, 0.2) is 0 Å². The Bertz CT molecular complexity index is 1750. The van der Waals surface area contributed by atoms with Crippen molar-refractivity contribution in [2.24, 2.45) is 0 Å². The number of quaternary nitrogens is 1. The molecule has 0 atom stereocenters. The molecular formula is C39H82Mo8NO32-15. The normalized spacial score (nSPS) is 11.7. The molecule has 0 heterocycles. The Labute approximate surface area is 500 Å². The predicted octanol–water partition coefficient (Wildman–Crippen LogP) is -8.14. The summed E-state index contributed by atoms with van der Waals surface area (Å²) in [6.07, 6.45) is 48.4. The van der Waals surface area contributed by atoms with E-state index in [2.05, 4.69) is 20.8 Å². The molecular weight excluding hydrogens is 1760 g/mol. The molecule has 0 spiro atoms. The Morgan fingerprint density at radius 3 is 0.338 bits per heavy atom. The zero-order valence-corrected chi connectivity index (χ0v) is 61.3. The first-order valence-corrected chi connectivity index (χ1v) is 51.2. The molecule has 33 nitrogen and oxygen atoms in total. The quantitative estimate of drug-likeness (QED) is 0.0450. The Morgan fingerprint density at radius 1 is 0.175 bits per heavy atom. The van der Waals surface area contributed by atoms with Crippen molar-refractivity contribution in [1.82, 2.24) is 0 Å². The van der Waals surface area contributed by atoms with Gasteiger partial charge in [-0.25, -0.2) is 0 Å². The van der Waals surface area contributed by atoms with Crippen LogP contribution in [0.4, 0.5) is 0 Å². The molecule has 0 aromatic rings. The molecule has 0 bridgehead atoms. The van der Waals surface area contributed by atoms with Crippen molar-refractivity contribution in [3.63, 3.8) is 0 Å². The third kappa shape index (κ3) is 298. The molecule has 0 aliphatic rings. The summed E-state index contributed by atoms with van der Waals surface area (Å²) in [6.45, 7) is 11.3. The first-order valence-electron chi connectivity index (χ1n) is 25.0. The average molecular weight is 1840 g/mol. The molecule has 0 radical (unpaired) electrons. The molecule has 0 amide bonds. The van der Waals surface area contributed by atoms with E-state index in [-0.39, 0.29) is 0 Å². The molecule has 498 valence electrons. The first kappa shape index (κ1) is 101. The monoisotopic (exact) mass is 1860 g/mol. The fourth-order valence-corrected chi connectivity index (χ4v) is 6.49. The van der Waals surface area contributed by atoms with Crippen LogP contribution in [0.1, 0.15) is 233 Å². The summed E-state index contributed by atoms with van der Waals surface area (Å²) < 4.78 is 276. The molecule has 0 aromatic heterocycles. The maximum absolute atomic E-state index is 8.63. The van der Waals surface area contributed by atoms with E-state index in [0.29, 0.717) is 0 Å². The summed E-state index contributed by atoms with van der Waals surface area (Å²) in [7, 11) is 0. The number of hydrogen-bond donors (Lipinski definition) is 1. The van der Waals surface area contributed by atoms with E-state index in [1.807, 2.05) is 4.90 Å². The number of hydrogen-bond acceptors (Lipinski definition) is 32. The van der Waals surface area contributed by atoms with Crippen LogP contribution in [0.3, 0.4) is 0 Å². The topological polar surface area (TPSA) is 647 Å². The Morgan fingerprint density at radius 2 is 0.250 bits per heavy atom. The second-order valence-electron chi connectivity index (χ2n) is 16.9. The van der Waals surface area contributed by atoms with Gasteiger partial charge in [0.05, 0.1) is 19.6 Å². The second-order valence-corrected chi connectivity index (χ2v) is 32.9. The van der Waals surface area contributed by atoms with Gasteiger partial charge in [0.1, 0.15) is 0 Å². The second kappa shape index (κ2) is 65.1. The minimum atomic E-state index is -6.02. The molecule has 0 rings (SSSR count). The summed E-state index contributed by atoms with van der Waals surface area (Å²) in [5.74, 6) is 0. The fraction of sp³-hybridized carbons (Fsp3) is 1.00. The molecule has 0 saturated heterocycles. The van der Waals surface area contributed by atoms with Crippen molar-refractivity contribution < 1.29 is 253 Å². The average Bonchev–Trinajstić information content (AvgIpc) is 3.18. The third-order valence-electron chi connectivity index (χ3n) is 9.40. The van der Waals surface area contributed by atoms with E-state index in [1.165, 1.54) is 232 Å².